The summed E-state index contributed by atoms with van der Waals surface area (Å²) in [6.07, 6.45) is 5.30. The standard InChI is InChI=1S/C23H19BrFN5O/c1-14-5-3-4-6-20(14)28-22-21(9-16(11-26-22)17-12-27-30(2)13-17)29-23(31)15-7-18(24)10-19(25)8-15/h3-13H,1-2H3,(H,26,28)(H,29,31). The Morgan fingerprint density at radius 2 is 1.87 bits per heavy atom. The van der Waals surface area contributed by atoms with Crippen LogP contribution in [0.25, 0.3) is 11.1 Å². The summed E-state index contributed by atoms with van der Waals surface area (Å²) in [6.45, 7) is 1.98. The van der Waals surface area contributed by atoms with Crippen molar-refractivity contribution in [1.29, 1.82) is 0 Å². The van der Waals surface area contributed by atoms with Crippen molar-refractivity contribution in [3.63, 3.8) is 0 Å². The molecule has 2 heterocycles. The molecule has 0 spiro atoms. The number of nitrogens with zero attached hydrogens (tertiary/aromatic N) is 3. The molecular formula is C23H19BrFN5O. The summed E-state index contributed by atoms with van der Waals surface area (Å²) in [6, 6.07) is 13.6. The molecular weight excluding hydrogens is 461 g/mol. The smallest absolute Gasteiger partial charge is 0.255 e. The number of hydrogen-bond acceptors (Lipinski definition) is 4. The van der Waals surface area contributed by atoms with Crippen LogP contribution in [0.2, 0.25) is 0 Å². The molecule has 0 radical (unpaired) electrons. The van der Waals surface area contributed by atoms with Gasteiger partial charge in [-0.25, -0.2) is 9.37 Å². The minimum absolute atomic E-state index is 0.195. The van der Waals surface area contributed by atoms with E-state index in [0.717, 1.165) is 22.4 Å². The number of benzene rings is 2. The molecule has 2 N–H and O–H groups in total. The second kappa shape index (κ2) is 8.69. The Bertz CT molecular complexity index is 1250. The molecule has 0 saturated carbocycles. The van der Waals surface area contributed by atoms with Gasteiger partial charge in [0.05, 0.1) is 11.9 Å². The molecule has 0 aliphatic carbocycles. The molecule has 2 aromatic carbocycles. The first-order valence-electron chi connectivity index (χ1n) is 9.48. The number of halogens is 2. The summed E-state index contributed by atoms with van der Waals surface area (Å²) in [7, 11) is 1.83. The summed E-state index contributed by atoms with van der Waals surface area (Å²) >= 11 is 3.22. The van der Waals surface area contributed by atoms with Crippen molar-refractivity contribution in [2.45, 2.75) is 6.92 Å². The number of amides is 1. The zero-order valence-corrected chi connectivity index (χ0v) is 18.4. The maximum Gasteiger partial charge on any atom is 0.255 e. The number of hydrogen-bond donors (Lipinski definition) is 2. The summed E-state index contributed by atoms with van der Waals surface area (Å²) in [5.41, 5.74) is 4.22. The van der Waals surface area contributed by atoms with Crippen molar-refractivity contribution in [1.82, 2.24) is 14.8 Å². The number of aryl methyl sites for hydroxylation is 2. The highest BCUT2D eigenvalue weighted by atomic mass is 79.9. The Labute approximate surface area is 187 Å². The van der Waals surface area contributed by atoms with Gasteiger partial charge in [0.2, 0.25) is 0 Å². The Kier molecular flexibility index (Phi) is 5.81. The minimum atomic E-state index is -0.500. The van der Waals surface area contributed by atoms with Crippen molar-refractivity contribution in [2.24, 2.45) is 7.05 Å². The summed E-state index contributed by atoms with van der Waals surface area (Å²) in [4.78, 5) is 17.4. The lowest BCUT2D eigenvalue weighted by atomic mass is 10.1. The first-order chi connectivity index (χ1) is 14.9. The summed E-state index contributed by atoms with van der Waals surface area (Å²) < 4.78 is 16.0. The van der Waals surface area contributed by atoms with Crippen LogP contribution in [0.3, 0.4) is 0 Å². The molecule has 4 aromatic rings. The zero-order valence-electron chi connectivity index (χ0n) is 16.9. The second-order valence-corrected chi connectivity index (χ2v) is 7.99. The third kappa shape index (κ3) is 4.80. The van der Waals surface area contributed by atoms with Crippen molar-refractivity contribution in [2.75, 3.05) is 10.6 Å². The Morgan fingerprint density at radius 1 is 1.06 bits per heavy atom. The van der Waals surface area contributed by atoms with Gasteiger partial charge in [0.15, 0.2) is 5.82 Å². The SMILES string of the molecule is Cc1ccccc1Nc1ncc(-c2cnn(C)c2)cc1NC(=O)c1cc(F)cc(Br)c1. The van der Waals surface area contributed by atoms with Gasteiger partial charge >= 0.3 is 0 Å². The third-order valence-electron chi connectivity index (χ3n) is 4.70. The van der Waals surface area contributed by atoms with Crippen LogP contribution in [0.5, 0.6) is 0 Å². The molecule has 1 amide bonds. The fourth-order valence-electron chi connectivity index (χ4n) is 3.11. The Morgan fingerprint density at radius 3 is 2.58 bits per heavy atom. The molecule has 0 atom stereocenters. The number of rotatable bonds is 5. The predicted octanol–water partition coefficient (Wildman–Crippen LogP) is 5.69. The lowest BCUT2D eigenvalue weighted by molar-refractivity contribution is 0.102. The Hall–Kier alpha value is -3.52. The molecule has 156 valence electrons. The number of pyridine rings is 1. The predicted molar refractivity (Wildman–Crippen MR) is 123 cm³/mol. The van der Waals surface area contributed by atoms with Crippen LogP contribution < -0.4 is 10.6 Å². The first kappa shape index (κ1) is 20.7. The number of anilines is 3. The van der Waals surface area contributed by atoms with E-state index in [0.29, 0.717) is 16.0 Å². The molecule has 0 bridgehead atoms. The van der Waals surface area contributed by atoms with Crippen LogP contribution in [0.15, 0.2) is 71.6 Å². The van der Waals surface area contributed by atoms with Gasteiger partial charge in [0.25, 0.3) is 5.91 Å². The van der Waals surface area contributed by atoms with E-state index in [2.05, 4.69) is 36.6 Å². The highest BCUT2D eigenvalue weighted by Crippen LogP contribution is 2.30. The van der Waals surface area contributed by atoms with Gasteiger partial charge in [-0.2, -0.15) is 5.10 Å². The van der Waals surface area contributed by atoms with Crippen LogP contribution in [-0.2, 0) is 7.05 Å². The van der Waals surface area contributed by atoms with Gasteiger partial charge in [-0.1, -0.05) is 34.1 Å². The van der Waals surface area contributed by atoms with Gasteiger partial charge < -0.3 is 10.6 Å². The highest BCUT2D eigenvalue weighted by Gasteiger charge is 2.15. The molecule has 0 aliphatic rings. The first-order valence-corrected chi connectivity index (χ1v) is 10.3. The molecule has 0 saturated heterocycles. The van der Waals surface area contributed by atoms with Crippen molar-refractivity contribution in [3.8, 4) is 11.1 Å². The van der Waals surface area contributed by atoms with Gasteiger partial charge in [-0.15, -0.1) is 0 Å². The van der Waals surface area contributed by atoms with Gasteiger partial charge in [-0.3, -0.25) is 9.48 Å². The lowest BCUT2D eigenvalue weighted by Gasteiger charge is -2.15. The van der Waals surface area contributed by atoms with E-state index in [1.54, 1.807) is 23.1 Å². The van der Waals surface area contributed by atoms with Crippen LogP contribution in [-0.4, -0.2) is 20.7 Å². The molecule has 6 nitrogen and oxygen atoms in total. The summed E-state index contributed by atoms with van der Waals surface area (Å²) in [5, 5.41) is 10.3. The topological polar surface area (TPSA) is 71.8 Å². The number of nitrogens with one attached hydrogen (secondary N) is 2. The van der Waals surface area contributed by atoms with E-state index >= 15 is 0 Å². The largest absolute Gasteiger partial charge is 0.338 e. The maximum absolute atomic E-state index is 13.8. The second-order valence-electron chi connectivity index (χ2n) is 7.08. The quantitative estimate of drug-likeness (QED) is 0.385. The summed E-state index contributed by atoms with van der Waals surface area (Å²) in [5.74, 6) is -0.469. The van der Waals surface area contributed by atoms with Crippen LogP contribution in [0.4, 0.5) is 21.6 Å². The fourth-order valence-corrected chi connectivity index (χ4v) is 3.57. The van der Waals surface area contributed by atoms with Crippen LogP contribution in [0.1, 0.15) is 15.9 Å². The van der Waals surface area contributed by atoms with Crippen molar-refractivity contribution < 1.29 is 9.18 Å². The average Bonchev–Trinajstić information content (AvgIpc) is 3.16. The van der Waals surface area contributed by atoms with Crippen molar-refractivity contribution in [3.05, 3.63) is 88.5 Å². The fraction of sp³-hybridized carbons (Fsp3) is 0.0870. The third-order valence-corrected chi connectivity index (χ3v) is 5.15. The highest BCUT2D eigenvalue weighted by molar-refractivity contribution is 9.10. The number of carbonyl (C=O) groups excluding carboxylic acids is 1. The molecule has 2 aromatic heterocycles. The lowest BCUT2D eigenvalue weighted by Crippen LogP contribution is -2.14. The van der Waals surface area contributed by atoms with E-state index < -0.39 is 11.7 Å². The average molecular weight is 480 g/mol. The normalized spacial score (nSPS) is 10.7. The molecule has 0 unspecified atom stereocenters. The van der Waals surface area contributed by atoms with Gasteiger partial charge in [-0.05, 0) is 42.8 Å². The van der Waals surface area contributed by atoms with Crippen LogP contribution in [0, 0.1) is 12.7 Å². The number of aromatic nitrogens is 3. The van der Waals surface area contributed by atoms with E-state index in [-0.39, 0.29) is 5.56 Å². The Balaban J connectivity index is 1.72. The number of carbonyl (C=O) groups is 1. The van der Waals surface area contributed by atoms with Gasteiger partial charge in [0, 0.05) is 46.3 Å². The van der Waals surface area contributed by atoms with Crippen LogP contribution >= 0.6 is 15.9 Å². The van der Waals surface area contributed by atoms with E-state index in [1.807, 2.05) is 50.5 Å². The van der Waals surface area contributed by atoms with E-state index in [4.69, 9.17) is 0 Å². The molecule has 4 rings (SSSR count). The zero-order chi connectivity index (χ0) is 22.0. The number of para-hydroxylation sites is 1. The van der Waals surface area contributed by atoms with Crippen molar-refractivity contribution >= 4 is 39.0 Å². The monoisotopic (exact) mass is 479 g/mol. The minimum Gasteiger partial charge on any atom is -0.338 e. The molecule has 0 aliphatic heterocycles. The maximum atomic E-state index is 13.8. The molecule has 8 heteroatoms. The van der Waals surface area contributed by atoms with Gasteiger partial charge in [0.1, 0.15) is 5.82 Å². The molecule has 31 heavy (non-hydrogen) atoms. The van der Waals surface area contributed by atoms with E-state index in [9.17, 15) is 9.18 Å². The van der Waals surface area contributed by atoms with E-state index in [1.165, 1.54) is 12.1 Å². The molecule has 0 fully saturated rings.